The zero-order chi connectivity index (χ0) is 19.2. The van der Waals surface area contributed by atoms with Gasteiger partial charge in [0, 0.05) is 24.7 Å². The van der Waals surface area contributed by atoms with Gasteiger partial charge < -0.3 is 5.32 Å². The van der Waals surface area contributed by atoms with E-state index in [2.05, 4.69) is 26.1 Å². The van der Waals surface area contributed by atoms with Gasteiger partial charge in [-0.3, -0.25) is 4.79 Å². The number of rotatable bonds is 5. The second kappa shape index (κ2) is 6.64. The van der Waals surface area contributed by atoms with Crippen LogP contribution in [0.25, 0.3) is 0 Å². The number of hydrogen-bond donors (Lipinski definition) is 1. The Morgan fingerprint density at radius 2 is 2.00 bits per heavy atom. The average molecular weight is 379 g/mol. The first kappa shape index (κ1) is 19.4. The second-order valence-corrected chi connectivity index (χ2v) is 10.9. The third kappa shape index (κ3) is 3.67. The van der Waals surface area contributed by atoms with Crippen LogP contribution in [0.4, 0.5) is 0 Å². The standard InChI is InChI=1S/C20H30N2O3S/c1-5-9-21-18(23)15-7-6-8-17(10-15)26(24,25)22-14-20(4)12-16(22)11-19(2,3)13-20/h6-8,10,16H,5,9,11-14H2,1-4H3,(H,21,23)/t16-,20+/m1/s1. The summed E-state index contributed by atoms with van der Waals surface area (Å²) >= 11 is 0. The maximum Gasteiger partial charge on any atom is 0.251 e. The minimum Gasteiger partial charge on any atom is -0.352 e. The molecule has 1 saturated heterocycles. The number of amides is 1. The summed E-state index contributed by atoms with van der Waals surface area (Å²) in [6.07, 6.45) is 3.69. The van der Waals surface area contributed by atoms with Crippen LogP contribution < -0.4 is 5.32 Å². The van der Waals surface area contributed by atoms with Gasteiger partial charge in [-0.1, -0.05) is 33.8 Å². The first-order valence-corrected chi connectivity index (χ1v) is 10.9. The summed E-state index contributed by atoms with van der Waals surface area (Å²) in [5, 5.41) is 2.80. The lowest BCUT2D eigenvalue weighted by molar-refractivity contribution is 0.0953. The molecule has 1 N–H and O–H groups in total. The Morgan fingerprint density at radius 3 is 2.69 bits per heavy atom. The molecule has 1 aliphatic heterocycles. The highest BCUT2D eigenvalue weighted by Gasteiger charge is 2.53. The fourth-order valence-corrected chi connectivity index (χ4v) is 6.78. The summed E-state index contributed by atoms with van der Waals surface area (Å²) in [4.78, 5) is 12.4. The molecule has 0 radical (unpaired) electrons. The van der Waals surface area contributed by atoms with Crippen molar-refractivity contribution >= 4 is 15.9 Å². The third-order valence-electron chi connectivity index (χ3n) is 5.61. The monoisotopic (exact) mass is 378 g/mol. The largest absolute Gasteiger partial charge is 0.352 e. The Hall–Kier alpha value is -1.40. The first-order valence-electron chi connectivity index (χ1n) is 9.46. The SMILES string of the molecule is CCCNC(=O)c1cccc(S(=O)(=O)N2C[C@@]3(C)C[C@H]2CC(C)(C)C3)c1. The Morgan fingerprint density at radius 1 is 1.27 bits per heavy atom. The number of benzene rings is 1. The van der Waals surface area contributed by atoms with Crippen LogP contribution in [0.5, 0.6) is 0 Å². The topological polar surface area (TPSA) is 66.5 Å². The van der Waals surface area contributed by atoms with Gasteiger partial charge in [0.2, 0.25) is 10.0 Å². The van der Waals surface area contributed by atoms with Gasteiger partial charge in [-0.15, -0.1) is 0 Å². The Labute approximate surface area is 157 Å². The van der Waals surface area contributed by atoms with Crippen LogP contribution in [-0.4, -0.2) is 37.8 Å². The van der Waals surface area contributed by atoms with E-state index in [-0.39, 0.29) is 27.7 Å². The normalized spacial score (nSPS) is 28.1. The van der Waals surface area contributed by atoms with Gasteiger partial charge in [0.15, 0.2) is 0 Å². The molecule has 6 heteroatoms. The molecule has 0 aromatic heterocycles. The molecule has 5 nitrogen and oxygen atoms in total. The summed E-state index contributed by atoms with van der Waals surface area (Å²) in [6, 6.07) is 6.47. The Balaban J connectivity index is 1.89. The molecule has 1 heterocycles. The number of sulfonamides is 1. The van der Waals surface area contributed by atoms with Crippen molar-refractivity contribution in [2.75, 3.05) is 13.1 Å². The summed E-state index contributed by atoms with van der Waals surface area (Å²) in [6.45, 7) is 9.78. The summed E-state index contributed by atoms with van der Waals surface area (Å²) in [7, 11) is -3.60. The Kier molecular flexibility index (Phi) is 4.95. The van der Waals surface area contributed by atoms with Crippen LogP contribution in [-0.2, 0) is 10.0 Å². The number of hydrogen-bond acceptors (Lipinski definition) is 3. The molecule has 1 aromatic carbocycles. The smallest absolute Gasteiger partial charge is 0.251 e. The Bertz CT molecular complexity index is 803. The van der Waals surface area contributed by atoms with Crippen molar-refractivity contribution in [3.05, 3.63) is 29.8 Å². The molecular weight excluding hydrogens is 348 g/mol. The summed E-state index contributed by atoms with van der Waals surface area (Å²) < 4.78 is 28.3. The van der Waals surface area contributed by atoms with E-state index < -0.39 is 10.0 Å². The molecule has 0 unspecified atom stereocenters. The van der Waals surface area contributed by atoms with Crippen LogP contribution >= 0.6 is 0 Å². The van der Waals surface area contributed by atoms with Gasteiger partial charge >= 0.3 is 0 Å². The molecule has 1 amide bonds. The van der Waals surface area contributed by atoms with Crippen molar-refractivity contribution < 1.29 is 13.2 Å². The summed E-state index contributed by atoms with van der Waals surface area (Å²) in [5.41, 5.74) is 0.590. The zero-order valence-electron chi connectivity index (χ0n) is 16.2. The lowest BCUT2D eigenvalue weighted by Crippen LogP contribution is -2.37. The first-order chi connectivity index (χ1) is 12.1. The second-order valence-electron chi connectivity index (χ2n) is 9.05. The predicted octanol–water partition coefficient (Wildman–Crippen LogP) is 3.42. The van der Waals surface area contributed by atoms with Gasteiger partial charge in [-0.25, -0.2) is 8.42 Å². The molecule has 0 spiro atoms. The highest BCUT2D eigenvalue weighted by Crippen LogP contribution is 2.53. The average Bonchev–Trinajstić information content (AvgIpc) is 2.82. The molecule has 3 rings (SSSR count). The van der Waals surface area contributed by atoms with Gasteiger partial charge in [0.25, 0.3) is 5.91 Å². The van der Waals surface area contributed by atoms with Crippen LogP contribution in [0.15, 0.2) is 29.2 Å². The molecule has 26 heavy (non-hydrogen) atoms. The fourth-order valence-electron chi connectivity index (χ4n) is 4.96. The highest BCUT2D eigenvalue weighted by molar-refractivity contribution is 7.89. The fraction of sp³-hybridized carbons (Fsp3) is 0.650. The van der Waals surface area contributed by atoms with Crippen molar-refractivity contribution in [2.24, 2.45) is 10.8 Å². The lowest BCUT2D eigenvalue weighted by atomic mass is 9.65. The predicted molar refractivity (Wildman–Crippen MR) is 102 cm³/mol. The van der Waals surface area contributed by atoms with Crippen LogP contribution in [0.3, 0.4) is 0 Å². The van der Waals surface area contributed by atoms with E-state index in [1.807, 2.05) is 6.92 Å². The van der Waals surface area contributed by atoms with Crippen molar-refractivity contribution in [1.29, 1.82) is 0 Å². The molecule has 1 aromatic rings. The summed E-state index contributed by atoms with van der Waals surface area (Å²) in [5.74, 6) is -0.225. The highest BCUT2D eigenvalue weighted by atomic mass is 32.2. The molecule has 2 aliphatic rings. The van der Waals surface area contributed by atoms with Crippen LogP contribution in [0.2, 0.25) is 0 Å². The quantitative estimate of drug-likeness (QED) is 0.854. The van der Waals surface area contributed by atoms with E-state index >= 15 is 0 Å². The number of nitrogens with zero attached hydrogens (tertiary/aromatic N) is 1. The van der Waals surface area contributed by atoms with E-state index in [9.17, 15) is 13.2 Å². The van der Waals surface area contributed by atoms with E-state index in [1.165, 1.54) is 6.07 Å². The number of carbonyl (C=O) groups is 1. The van der Waals surface area contributed by atoms with Gasteiger partial charge in [0.1, 0.15) is 0 Å². The number of nitrogens with one attached hydrogen (secondary N) is 1. The van der Waals surface area contributed by atoms with Crippen LogP contribution in [0.1, 0.15) is 63.7 Å². The zero-order valence-corrected chi connectivity index (χ0v) is 17.0. The molecule has 144 valence electrons. The molecule has 1 aliphatic carbocycles. The maximum atomic E-state index is 13.3. The molecule has 2 fully saturated rings. The van der Waals surface area contributed by atoms with E-state index in [0.717, 1.165) is 25.7 Å². The van der Waals surface area contributed by atoms with Crippen LogP contribution in [0, 0.1) is 10.8 Å². The van der Waals surface area contributed by atoms with E-state index in [4.69, 9.17) is 0 Å². The van der Waals surface area contributed by atoms with Crippen molar-refractivity contribution in [1.82, 2.24) is 9.62 Å². The molecule has 2 atom stereocenters. The van der Waals surface area contributed by atoms with E-state index in [0.29, 0.717) is 18.7 Å². The lowest BCUT2D eigenvalue weighted by Gasteiger charge is -2.39. The van der Waals surface area contributed by atoms with Crippen molar-refractivity contribution in [3.63, 3.8) is 0 Å². The van der Waals surface area contributed by atoms with Crippen molar-refractivity contribution in [2.45, 2.75) is 64.3 Å². The minimum atomic E-state index is -3.60. The maximum absolute atomic E-state index is 13.3. The minimum absolute atomic E-state index is 0.0373. The third-order valence-corrected chi connectivity index (χ3v) is 7.50. The molecule has 2 bridgehead atoms. The molecule has 1 saturated carbocycles. The number of carbonyl (C=O) groups excluding carboxylic acids is 1. The number of fused-ring (bicyclic) bond motifs is 2. The molecular formula is C20H30N2O3S. The van der Waals surface area contributed by atoms with Gasteiger partial charge in [0.05, 0.1) is 4.90 Å². The van der Waals surface area contributed by atoms with Gasteiger partial charge in [-0.05, 0) is 54.7 Å². The van der Waals surface area contributed by atoms with Crippen molar-refractivity contribution in [3.8, 4) is 0 Å². The van der Waals surface area contributed by atoms with Gasteiger partial charge in [-0.2, -0.15) is 4.31 Å². The van der Waals surface area contributed by atoms with E-state index in [1.54, 1.807) is 22.5 Å².